The first-order chi connectivity index (χ1) is 10.6. The van der Waals surface area contributed by atoms with Crippen molar-refractivity contribution in [2.75, 3.05) is 19.6 Å². The molecule has 124 valence electrons. The van der Waals surface area contributed by atoms with Crippen molar-refractivity contribution in [3.63, 3.8) is 0 Å². The van der Waals surface area contributed by atoms with Crippen LogP contribution in [0.4, 0.5) is 0 Å². The van der Waals surface area contributed by atoms with Gasteiger partial charge in [-0.25, -0.2) is 4.98 Å². The molecule has 1 aliphatic heterocycles. The Morgan fingerprint density at radius 1 is 1.39 bits per heavy atom. The van der Waals surface area contributed by atoms with Crippen molar-refractivity contribution in [2.24, 2.45) is 11.1 Å². The van der Waals surface area contributed by atoms with Gasteiger partial charge in [-0.1, -0.05) is 25.1 Å². The van der Waals surface area contributed by atoms with Crippen molar-refractivity contribution < 1.29 is 9.21 Å². The average Bonchev–Trinajstić information content (AvgIpc) is 3.16. The largest absolute Gasteiger partial charge is 0.444 e. The lowest BCUT2D eigenvalue weighted by molar-refractivity contribution is -0.129. The maximum atomic E-state index is 12.4. The molecule has 2 aromatic rings. The lowest BCUT2D eigenvalue weighted by atomic mass is 9.90. The Kier molecular flexibility index (Phi) is 5.44. The molecule has 6 heteroatoms. The standard InChI is InChI=1S/C17H21N3O2.ClH/c1-17(11-18)7-8-20(12-17)15(21)9-14-10-22-16(19-14)13-5-3-2-4-6-13;/h2-6,10H,7-9,11-12,18H2,1H3;1H. The highest BCUT2D eigenvalue weighted by molar-refractivity contribution is 5.85. The van der Waals surface area contributed by atoms with Gasteiger partial charge in [0.1, 0.15) is 6.26 Å². The molecule has 0 spiro atoms. The van der Waals surface area contributed by atoms with Gasteiger partial charge in [0.25, 0.3) is 0 Å². The zero-order valence-corrected chi connectivity index (χ0v) is 14.0. The second-order valence-corrected chi connectivity index (χ2v) is 6.27. The summed E-state index contributed by atoms with van der Waals surface area (Å²) in [5.74, 6) is 0.640. The minimum atomic E-state index is 0. The number of carbonyl (C=O) groups excluding carboxylic acids is 1. The molecule has 1 aromatic carbocycles. The topological polar surface area (TPSA) is 72.4 Å². The number of hydrogen-bond donors (Lipinski definition) is 1. The first-order valence-electron chi connectivity index (χ1n) is 7.57. The van der Waals surface area contributed by atoms with Crippen LogP contribution in [-0.2, 0) is 11.2 Å². The normalized spacial score (nSPS) is 20.3. The van der Waals surface area contributed by atoms with E-state index in [1.165, 1.54) is 0 Å². The molecule has 2 N–H and O–H groups in total. The van der Waals surface area contributed by atoms with Crippen molar-refractivity contribution in [2.45, 2.75) is 19.8 Å². The Hall–Kier alpha value is -1.85. The maximum Gasteiger partial charge on any atom is 0.228 e. The molecular formula is C17H22ClN3O2. The number of amides is 1. The van der Waals surface area contributed by atoms with Gasteiger partial charge in [-0.15, -0.1) is 12.4 Å². The highest BCUT2D eigenvalue weighted by Gasteiger charge is 2.34. The van der Waals surface area contributed by atoms with Crippen LogP contribution in [0.25, 0.3) is 11.5 Å². The van der Waals surface area contributed by atoms with E-state index < -0.39 is 0 Å². The zero-order chi connectivity index (χ0) is 15.6. The van der Waals surface area contributed by atoms with Crippen molar-refractivity contribution in [1.29, 1.82) is 0 Å². The van der Waals surface area contributed by atoms with E-state index in [2.05, 4.69) is 11.9 Å². The fourth-order valence-corrected chi connectivity index (χ4v) is 2.77. The first-order valence-corrected chi connectivity index (χ1v) is 7.57. The lowest BCUT2D eigenvalue weighted by Gasteiger charge is -2.22. The molecule has 1 aromatic heterocycles. The predicted molar refractivity (Wildman–Crippen MR) is 91.2 cm³/mol. The van der Waals surface area contributed by atoms with E-state index in [-0.39, 0.29) is 30.2 Å². The second kappa shape index (κ2) is 7.15. The van der Waals surface area contributed by atoms with E-state index in [0.717, 1.165) is 25.1 Å². The van der Waals surface area contributed by atoms with Gasteiger partial charge in [0.2, 0.25) is 11.8 Å². The number of nitrogens with two attached hydrogens (primary N) is 1. The van der Waals surface area contributed by atoms with Crippen molar-refractivity contribution in [3.8, 4) is 11.5 Å². The van der Waals surface area contributed by atoms with Gasteiger partial charge in [0, 0.05) is 18.7 Å². The molecule has 1 fully saturated rings. The predicted octanol–water partition coefficient (Wildman–Crippen LogP) is 2.50. The molecular weight excluding hydrogens is 314 g/mol. The minimum absolute atomic E-state index is 0. The van der Waals surface area contributed by atoms with Crippen LogP contribution in [0, 0.1) is 5.41 Å². The highest BCUT2D eigenvalue weighted by atomic mass is 35.5. The average molecular weight is 336 g/mol. The Morgan fingerprint density at radius 2 is 2.13 bits per heavy atom. The number of likely N-dealkylation sites (tertiary alicyclic amines) is 1. The summed E-state index contributed by atoms with van der Waals surface area (Å²) in [5.41, 5.74) is 7.42. The van der Waals surface area contributed by atoms with E-state index in [0.29, 0.717) is 18.1 Å². The molecule has 0 aliphatic carbocycles. The molecule has 1 atom stereocenters. The molecule has 0 saturated carbocycles. The van der Waals surface area contributed by atoms with E-state index in [9.17, 15) is 4.79 Å². The monoisotopic (exact) mass is 335 g/mol. The van der Waals surface area contributed by atoms with Gasteiger partial charge in [-0.3, -0.25) is 4.79 Å². The number of nitrogens with zero attached hydrogens (tertiary/aromatic N) is 2. The number of oxazole rings is 1. The molecule has 0 radical (unpaired) electrons. The Balaban J connectivity index is 0.00000192. The first kappa shape index (κ1) is 17.5. The summed E-state index contributed by atoms with van der Waals surface area (Å²) < 4.78 is 5.47. The quantitative estimate of drug-likeness (QED) is 0.931. The molecule has 1 amide bonds. The number of halogens is 1. The van der Waals surface area contributed by atoms with Gasteiger partial charge in [-0.2, -0.15) is 0 Å². The van der Waals surface area contributed by atoms with Crippen molar-refractivity contribution in [3.05, 3.63) is 42.3 Å². The van der Waals surface area contributed by atoms with Crippen molar-refractivity contribution >= 4 is 18.3 Å². The molecule has 3 rings (SSSR count). The SMILES string of the molecule is CC1(CN)CCN(C(=O)Cc2coc(-c3ccccc3)n2)C1.Cl. The Morgan fingerprint density at radius 3 is 2.78 bits per heavy atom. The second-order valence-electron chi connectivity index (χ2n) is 6.27. The van der Waals surface area contributed by atoms with Crippen LogP contribution < -0.4 is 5.73 Å². The maximum absolute atomic E-state index is 12.4. The van der Waals surface area contributed by atoms with Gasteiger partial charge in [-0.05, 0) is 30.5 Å². The van der Waals surface area contributed by atoms with Crippen LogP contribution in [0.5, 0.6) is 0 Å². The fraction of sp³-hybridized carbons (Fsp3) is 0.412. The number of aromatic nitrogens is 1. The smallest absolute Gasteiger partial charge is 0.228 e. The molecule has 2 heterocycles. The molecule has 1 aliphatic rings. The van der Waals surface area contributed by atoms with Crippen LogP contribution in [0.15, 0.2) is 41.0 Å². The third-order valence-corrected chi connectivity index (χ3v) is 4.31. The third-order valence-electron chi connectivity index (χ3n) is 4.31. The number of carbonyl (C=O) groups is 1. The molecule has 5 nitrogen and oxygen atoms in total. The zero-order valence-electron chi connectivity index (χ0n) is 13.2. The van der Waals surface area contributed by atoms with E-state index in [1.807, 2.05) is 35.2 Å². The molecule has 1 unspecified atom stereocenters. The van der Waals surface area contributed by atoms with E-state index in [1.54, 1.807) is 6.26 Å². The highest BCUT2D eigenvalue weighted by Crippen LogP contribution is 2.29. The summed E-state index contributed by atoms with van der Waals surface area (Å²) in [5, 5.41) is 0. The van der Waals surface area contributed by atoms with Gasteiger partial charge >= 0.3 is 0 Å². The van der Waals surface area contributed by atoms with Crippen LogP contribution >= 0.6 is 12.4 Å². The summed E-state index contributed by atoms with van der Waals surface area (Å²) in [4.78, 5) is 18.7. The summed E-state index contributed by atoms with van der Waals surface area (Å²) in [6.07, 6.45) is 2.80. The summed E-state index contributed by atoms with van der Waals surface area (Å²) in [6, 6.07) is 9.68. The fourth-order valence-electron chi connectivity index (χ4n) is 2.77. The van der Waals surface area contributed by atoms with E-state index >= 15 is 0 Å². The number of hydrogen-bond acceptors (Lipinski definition) is 4. The van der Waals surface area contributed by atoms with Crippen LogP contribution in [0.3, 0.4) is 0 Å². The lowest BCUT2D eigenvalue weighted by Crippen LogP contribution is -2.35. The summed E-state index contributed by atoms with van der Waals surface area (Å²) >= 11 is 0. The third kappa shape index (κ3) is 3.92. The van der Waals surface area contributed by atoms with Gasteiger partial charge in [0.05, 0.1) is 12.1 Å². The van der Waals surface area contributed by atoms with Crippen LogP contribution in [-0.4, -0.2) is 35.4 Å². The minimum Gasteiger partial charge on any atom is -0.444 e. The van der Waals surface area contributed by atoms with Gasteiger partial charge in [0.15, 0.2) is 0 Å². The number of rotatable bonds is 4. The van der Waals surface area contributed by atoms with Crippen LogP contribution in [0.1, 0.15) is 19.0 Å². The van der Waals surface area contributed by atoms with Crippen LogP contribution in [0.2, 0.25) is 0 Å². The number of benzene rings is 1. The van der Waals surface area contributed by atoms with Gasteiger partial charge < -0.3 is 15.1 Å². The summed E-state index contributed by atoms with van der Waals surface area (Å²) in [7, 11) is 0. The molecule has 23 heavy (non-hydrogen) atoms. The summed E-state index contributed by atoms with van der Waals surface area (Å²) in [6.45, 7) is 4.24. The molecule has 0 bridgehead atoms. The van der Waals surface area contributed by atoms with Crippen molar-refractivity contribution in [1.82, 2.24) is 9.88 Å². The Bertz CT molecular complexity index is 659. The Labute approximate surface area is 142 Å². The molecule has 1 saturated heterocycles. The van der Waals surface area contributed by atoms with E-state index in [4.69, 9.17) is 10.2 Å².